The number of hydrogen-bond donors (Lipinski definition) is 1. The van der Waals surface area contributed by atoms with Gasteiger partial charge in [-0.3, -0.25) is 9.98 Å². The van der Waals surface area contributed by atoms with Crippen molar-refractivity contribution in [1.82, 2.24) is 10.3 Å². The van der Waals surface area contributed by atoms with E-state index in [1.807, 2.05) is 18.3 Å². The van der Waals surface area contributed by atoms with Gasteiger partial charge in [-0.2, -0.15) is 0 Å². The van der Waals surface area contributed by atoms with Crippen LogP contribution in [0.2, 0.25) is 0 Å². The lowest BCUT2D eigenvalue weighted by Crippen LogP contribution is -2.39. The van der Waals surface area contributed by atoms with Gasteiger partial charge in [-0.1, -0.05) is 142 Å². The number of nitrogens with zero attached hydrogens (tertiary/aromatic N) is 3. The summed E-state index contributed by atoms with van der Waals surface area (Å²) in [4.78, 5) is 11.0. The first-order chi connectivity index (χ1) is 26.4. The van der Waals surface area contributed by atoms with E-state index in [1.54, 1.807) is 12.4 Å². The third kappa shape index (κ3) is 6.63. The summed E-state index contributed by atoms with van der Waals surface area (Å²) in [6.07, 6.45) is 15.3. The topological polar surface area (TPSA) is 40.5 Å². The molecule has 0 saturated heterocycles. The highest BCUT2D eigenvalue weighted by molar-refractivity contribution is 5.83. The third-order valence-corrected chi connectivity index (χ3v) is 10.8. The molecule has 0 saturated carbocycles. The van der Waals surface area contributed by atoms with E-state index in [2.05, 4.69) is 187 Å². The Bertz CT molecular complexity index is 2480. The van der Waals surface area contributed by atoms with Gasteiger partial charge in [0.05, 0.1) is 5.70 Å². The summed E-state index contributed by atoms with van der Waals surface area (Å²) in [6.45, 7) is 12.7. The van der Waals surface area contributed by atoms with E-state index in [9.17, 15) is 0 Å². The molecule has 4 nitrogen and oxygen atoms in total. The number of hydrogen-bond acceptors (Lipinski definition) is 4. The second kappa shape index (κ2) is 14.8. The number of aromatic nitrogens is 1. The number of para-hydroxylation sites is 1. The molecule has 1 unspecified atom stereocenters. The number of aliphatic imine (C=N–C) groups is 1. The van der Waals surface area contributed by atoms with Crippen LogP contribution in [0.15, 0.2) is 199 Å². The van der Waals surface area contributed by atoms with E-state index in [0.717, 1.165) is 46.6 Å². The van der Waals surface area contributed by atoms with E-state index in [4.69, 9.17) is 0 Å². The average Bonchev–Trinajstić information content (AvgIpc) is 3.68. The summed E-state index contributed by atoms with van der Waals surface area (Å²) in [5.41, 5.74) is 14.2. The zero-order valence-electron chi connectivity index (χ0n) is 30.9. The zero-order chi connectivity index (χ0) is 37.1. The molecule has 2 heterocycles. The molecule has 5 aromatic carbocycles. The molecule has 1 aromatic heterocycles. The Kier molecular flexibility index (Phi) is 9.50. The van der Waals surface area contributed by atoms with Crippen molar-refractivity contribution < 1.29 is 0 Å². The number of pyridine rings is 1. The lowest BCUT2D eigenvalue weighted by Gasteiger charge is -2.30. The van der Waals surface area contributed by atoms with Crippen molar-refractivity contribution in [1.29, 1.82) is 0 Å². The molecule has 1 atom stereocenters. The van der Waals surface area contributed by atoms with Crippen molar-refractivity contribution in [3.63, 3.8) is 0 Å². The fourth-order valence-corrected chi connectivity index (χ4v) is 8.05. The predicted molar refractivity (Wildman–Crippen MR) is 227 cm³/mol. The fourth-order valence-electron chi connectivity index (χ4n) is 8.05. The minimum absolute atomic E-state index is 0.0297. The largest absolute Gasteiger partial charge is 0.363 e. The minimum Gasteiger partial charge on any atom is -0.363 e. The van der Waals surface area contributed by atoms with Crippen molar-refractivity contribution in [2.75, 3.05) is 4.90 Å². The SMILES string of the molecule is C=C/C(=C\C(=C/Cc1ccc2c(c1)-c1ccccc1C2(C)C)C1NC(Cc2ccc3ccccc3c2)=C(/C=C\N=C)N1c1ccccc1)c1cccnc1. The summed E-state index contributed by atoms with van der Waals surface area (Å²) in [5, 5.41) is 6.47. The number of allylic oxidation sites excluding steroid dienone is 5. The maximum Gasteiger partial charge on any atom is 0.130 e. The molecule has 0 bridgehead atoms. The molecule has 1 aliphatic carbocycles. The van der Waals surface area contributed by atoms with Crippen LogP contribution >= 0.6 is 0 Å². The number of anilines is 1. The first-order valence-electron chi connectivity index (χ1n) is 18.6. The lowest BCUT2D eigenvalue weighted by molar-refractivity contribution is 0.660. The van der Waals surface area contributed by atoms with Crippen LogP contribution in [0.1, 0.15) is 41.7 Å². The van der Waals surface area contributed by atoms with Gasteiger partial charge in [-0.05, 0) is 104 Å². The second-order valence-corrected chi connectivity index (χ2v) is 14.5. The van der Waals surface area contributed by atoms with Gasteiger partial charge in [0, 0.05) is 41.8 Å². The summed E-state index contributed by atoms with van der Waals surface area (Å²) < 4.78 is 0. The molecule has 0 spiro atoms. The second-order valence-electron chi connectivity index (χ2n) is 14.5. The molecule has 0 radical (unpaired) electrons. The molecule has 1 aliphatic heterocycles. The summed E-state index contributed by atoms with van der Waals surface area (Å²) >= 11 is 0. The number of fused-ring (bicyclic) bond motifs is 4. The Morgan fingerprint density at radius 1 is 0.815 bits per heavy atom. The molecular weight excluding hydrogens is 657 g/mol. The number of rotatable bonds is 11. The van der Waals surface area contributed by atoms with Gasteiger partial charge >= 0.3 is 0 Å². The van der Waals surface area contributed by atoms with Crippen LogP contribution < -0.4 is 10.2 Å². The maximum atomic E-state index is 4.44. The van der Waals surface area contributed by atoms with Gasteiger partial charge < -0.3 is 10.2 Å². The molecule has 0 amide bonds. The predicted octanol–water partition coefficient (Wildman–Crippen LogP) is 11.4. The Balaban J connectivity index is 1.25. The summed E-state index contributed by atoms with van der Waals surface area (Å²) in [5.74, 6) is 0. The van der Waals surface area contributed by atoms with E-state index in [-0.39, 0.29) is 11.6 Å². The molecule has 54 heavy (non-hydrogen) atoms. The lowest BCUT2D eigenvalue weighted by atomic mass is 9.82. The standard InChI is InChI=1S/C50H44N4/c1-5-37(41-16-13-28-52-34-41)33-40(25-21-35-23-26-46-44(31-35)43-19-11-12-20-45(43)50(46,2)3)49-53-47(32-36-22-24-38-14-9-10-15-39(38)30-36)48(27-29-51-4)54(49)42-17-7-6-8-18-42/h5-20,22-31,33-34,49,53H,1,4,21,32H2,2-3H3/b29-27-,37-33+,40-25+. The van der Waals surface area contributed by atoms with E-state index < -0.39 is 0 Å². The summed E-state index contributed by atoms with van der Waals surface area (Å²) in [6, 6.07) is 45.7. The first-order valence-corrected chi connectivity index (χ1v) is 18.6. The molecule has 0 fully saturated rings. The van der Waals surface area contributed by atoms with Gasteiger partial charge in [-0.15, -0.1) is 0 Å². The minimum atomic E-state index is -0.229. The Hall–Kier alpha value is -6.52. The Morgan fingerprint density at radius 3 is 2.37 bits per heavy atom. The van der Waals surface area contributed by atoms with Gasteiger partial charge in [0.1, 0.15) is 6.17 Å². The van der Waals surface area contributed by atoms with Crippen molar-refractivity contribution >= 4 is 28.8 Å². The van der Waals surface area contributed by atoms with Gasteiger partial charge in [0.15, 0.2) is 0 Å². The van der Waals surface area contributed by atoms with Crippen LogP contribution in [0, 0.1) is 0 Å². The average molecular weight is 701 g/mol. The van der Waals surface area contributed by atoms with Crippen molar-refractivity contribution in [2.45, 2.75) is 38.3 Å². The van der Waals surface area contributed by atoms with Crippen LogP contribution in [0.5, 0.6) is 0 Å². The van der Waals surface area contributed by atoms with Gasteiger partial charge in [0.25, 0.3) is 0 Å². The van der Waals surface area contributed by atoms with Crippen LogP contribution in [-0.4, -0.2) is 17.9 Å². The molecule has 8 rings (SSSR count). The highest BCUT2D eigenvalue weighted by Crippen LogP contribution is 2.48. The molecule has 1 N–H and O–H groups in total. The normalized spacial score (nSPS) is 16.4. The van der Waals surface area contributed by atoms with Gasteiger partial charge in [0.2, 0.25) is 0 Å². The third-order valence-electron chi connectivity index (χ3n) is 10.8. The highest BCUT2D eigenvalue weighted by atomic mass is 15.3. The van der Waals surface area contributed by atoms with Gasteiger partial charge in [-0.25, -0.2) is 0 Å². The smallest absolute Gasteiger partial charge is 0.130 e. The molecule has 4 heteroatoms. The Labute approximate surface area is 319 Å². The van der Waals surface area contributed by atoms with Crippen LogP contribution in [0.4, 0.5) is 5.69 Å². The van der Waals surface area contributed by atoms with E-state index in [1.165, 1.54) is 44.2 Å². The molecular formula is C50H44N4. The van der Waals surface area contributed by atoms with E-state index >= 15 is 0 Å². The monoisotopic (exact) mass is 700 g/mol. The van der Waals surface area contributed by atoms with Crippen molar-refractivity contribution in [3.05, 3.63) is 222 Å². The number of benzene rings is 5. The van der Waals surface area contributed by atoms with Crippen molar-refractivity contribution in [3.8, 4) is 11.1 Å². The molecule has 2 aliphatic rings. The van der Waals surface area contributed by atoms with Crippen LogP contribution in [-0.2, 0) is 18.3 Å². The van der Waals surface area contributed by atoms with Crippen molar-refractivity contribution in [2.24, 2.45) is 4.99 Å². The summed E-state index contributed by atoms with van der Waals surface area (Å²) in [7, 11) is 0. The van der Waals surface area contributed by atoms with Crippen LogP contribution in [0.3, 0.4) is 0 Å². The molecule has 6 aromatic rings. The Morgan fingerprint density at radius 2 is 1.57 bits per heavy atom. The first kappa shape index (κ1) is 34.6. The fraction of sp³-hybridized carbons (Fsp3) is 0.120. The molecule has 264 valence electrons. The highest BCUT2D eigenvalue weighted by Gasteiger charge is 2.36. The quantitative estimate of drug-likeness (QED) is 0.108. The number of nitrogens with one attached hydrogen (secondary N) is 1. The maximum absolute atomic E-state index is 4.44. The zero-order valence-corrected chi connectivity index (χ0v) is 30.9. The van der Waals surface area contributed by atoms with Crippen LogP contribution in [0.25, 0.3) is 27.5 Å². The van der Waals surface area contributed by atoms with E-state index in [0.29, 0.717) is 0 Å².